The molecule has 0 saturated carbocycles. The van der Waals surface area contributed by atoms with Crippen LogP contribution in [0.15, 0.2) is 57.9 Å². The van der Waals surface area contributed by atoms with Crippen LogP contribution in [0.4, 0.5) is 5.69 Å². The van der Waals surface area contributed by atoms with Gasteiger partial charge in [-0.3, -0.25) is 0 Å². The molecule has 0 bridgehead atoms. The van der Waals surface area contributed by atoms with Crippen LogP contribution in [0.1, 0.15) is 12.5 Å². The zero-order chi connectivity index (χ0) is 15.5. The first kappa shape index (κ1) is 16.0. The summed E-state index contributed by atoms with van der Waals surface area (Å²) >= 11 is 3.42. The second-order valence-electron chi connectivity index (χ2n) is 5.17. The molecule has 2 rings (SSSR count). The van der Waals surface area contributed by atoms with Gasteiger partial charge in [-0.25, -0.2) is 8.42 Å². The van der Waals surface area contributed by atoms with Crippen molar-refractivity contribution in [2.24, 2.45) is 0 Å². The first-order valence-corrected chi connectivity index (χ1v) is 9.34. The molecule has 0 fully saturated rings. The molecule has 3 nitrogen and oxygen atoms in total. The highest BCUT2D eigenvalue weighted by Gasteiger charge is 2.08. The molecule has 0 amide bonds. The van der Waals surface area contributed by atoms with E-state index in [0.29, 0.717) is 4.90 Å². The zero-order valence-corrected chi connectivity index (χ0v) is 14.4. The third kappa shape index (κ3) is 4.86. The van der Waals surface area contributed by atoms with E-state index < -0.39 is 9.84 Å². The maximum Gasteiger partial charge on any atom is 0.175 e. The van der Waals surface area contributed by atoms with E-state index in [4.69, 9.17) is 0 Å². The van der Waals surface area contributed by atoms with E-state index in [9.17, 15) is 8.42 Å². The van der Waals surface area contributed by atoms with Gasteiger partial charge in [-0.15, -0.1) is 0 Å². The van der Waals surface area contributed by atoms with Crippen molar-refractivity contribution in [3.05, 3.63) is 58.6 Å². The van der Waals surface area contributed by atoms with Crippen molar-refractivity contribution >= 4 is 31.5 Å². The highest BCUT2D eigenvalue weighted by molar-refractivity contribution is 9.10. The highest BCUT2D eigenvalue weighted by atomic mass is 79.9. The summed E-state index contributed by atoms with van der Waals surface area (Å²) in [4.78, 5) is 0.341. The second-order valence-corrected chi connectivity index (χ2v) is 8.10. The van der Waals surface area contributed by atoms with Crippen molar-refractivity contribution in [2.45, 2.75) is 24.3 Å². The van der Waals surface area contributed by atoms with Crippen LogP contribution in [0.25, 0.3) is 0 Å². The average molecular weight is 368 g/mol. The number of sulfone groups is 1. The molecule has 21 heavy (non-hydrogen) atoms. The van der Waals surface area contributed by atoms with Gasteiger partial charge in [-0.1, -0.05) is 28.1 Å². The molecule has 112 valence electrons. The molecule has 5 heteroatoms. The Bertz CT molecular complexity index is 694. The fraction of sp³-hybridized carbons (Fsp3) is 0.250. The molecule has 0 saturated heterocycles. The van der Waals surface area contributed by atoms with Gasteiger partial charge in [0, 0.05) is 22.5 Å². The van der Waals surface area contributed by atoms with E-state index in [2.05, 4.69) is 40.3 Å². The van der Waals surface area contributed by atoms with Crippen LogP contribution in [0.2, 0.25) is 0 Å². The smallest absolute Gasteiger partial charge is 0.175 e. The summed E-state index contributed by atoms with van der Waals surface area (Å²) < 4.78 is 23.9. The lowest BCUT2D eigenvalue weighted by Crippen LogP contribution is -2.18. The van der Waals surface area contributed by atoms with Gasteiger partial charge in [0.05, 0.1) is 4.90 Å². The maximum atomic E-state index is 11.4. The molecule has 0 aliphatic rings. The molecule has 2 aromatic carbocycles. The van der Waals surface area contributed by atoms with E-state index in [-0.39, 0.29) is 6.04 Å². The molecule has 1 atom stereocenters. The van der Waals surface area contributed by atoms with Crippen LogP contribution in [0.3, 0.4) is 0 Å². The zero-order valence-electron chi connectivity index (χ0n) is 12.0. The van der Waals surface area contributed by atoms with Crippen molar-refractivity contribution in [3.63, 3.8) is 0 Å². The van der Waals surface area contributed by atoms with Crippen molar-refractivity contribution in [1.29, 1.82) is 0 Å². The van der Waals surface area contributed by atoms with Gasteiger partial charge in [0.15, 0.2) is 9.84 Å². The van der Waals surface area contributed by atoms with Gasteiger partial charge in [-0.2, -0.15) is 0 Å². The van der Waals surface area contributed by atoms with Gasteiger partial charge in [0.1, 0.15) is 0 Å². The SMILES string of the molecule is CC(Cc1ccc(Br)cc1)Nc1ccc(S(C)(=O)=O)cc1. The molecular formula is C16H18BrNO2S. The fourth-order valence-corrected chi connectivity index (χ4v) is 3.00. The summed E-state index contributed by atoms with van der Waals surface area (Å²) in [5, 5.41) is 3.38. The number of anilines is 1. The topological polar surface area (TPSA) is 46.2 Å². The largest absolute Gasteiger partial charge is 0.382 e. The summed E-state index contributed by atoms with van der Waals surface area (Å²) in [5.41, 5.74) is 2.18. The molecular weight excluding hydrogens is 350 g/mol. The Balaban J connectivity index is 1.99. The molecule has 0 aromatic heterocycles. The number of hydrogen-bond acceptors (Lipinski definition) is 3. The number of rotatable bonds is 5. The molecule has 1 unspecified atom stereocenters. The third-order valence-corrected chi connectivity index (χ3v) is 4.81. The standard InChI is InChI=1S/C16H18BrNO2S/c1-12(11-13-3-5-14(17)6-4-13)18-15-7-9-16(10-8-15)21(2,19)20/h3-10,12,18H,11H2,1-2H3. The summed E-state index contributed by atoms with van der Waals surface area (Å²) in [6.45, 7) is 2.10. The Morgan fingerprint density at radius 2 is 1.62 bits per heavy atom. The van der Waals surface area contributed by atoms with Crippen molar-refractivity contribution < 1.29 is 8.42 Å². The van der Waals surface area contributed by atoms with Crippen LogP contribution in [-0.4, -0.2) is 20.7 Å². The van der Waals surface area contributed by atoms with Gasteiger partial charge >= 0.3 is 0 Å². The third-order valence-electron chi connectivity index (χ3n) is 3.15. The van der Waals surface area contributed by atoms with E-state index in [0.717, 1.165) is 16.6 Å². The van der Waals surface area contributed by atoms with Crippen LogP contribution in [-0.2, 0) is 16.3 Å². The highest BCUT2D eigenvalue weighted by Crippen LogP contribution is 2.17. The molecule has 0 heterocycles. The van der Waals surface area contributed by atoms with Crippen molar-refractivity contribution in [1.82, 2.24) is 0 Å². The van der Waals surface area contributed by atoms with Gasteiger partial charge in [0.25, 0.3) is 0 Å². The van der Waals surface area contributed by atoms with Gasteiger partial charge in [-0.05, 0) is 55.3 Å². The van der Waals surface area contributed by atoms with Crippen molar-refractivity contribution in [2.75, 3.05) is 11.6 Å². The first-order chi connectivity index (χ1) is 9.84. The number of nitrogens with one attached hydrogen (secondary N) is 1. The summed E-state index contributed by atoms with van der Waals surface area (Å²) in [5.74, 6) is 0. The van der Waals surface area contributed by atoms with E-state index in [1.165, 1.54) is 11.8 Å². The van der Waals surface area contributed by atoms with Crippen LogP contribution >= 0.6 is 15.9 Å². The minimum atomic E-state index is -3.13. The van der Waals surface area contributed by atoms with Gasteiger partial charge in [0.2, 0.25) is 0 Å². The fourth-order valence-electron chi connectivity index (χ4n) is 2.11. The van der Waals surface area contributed by atoms with E-state index >= 15 is 0 Å². The Morgan fingerprint density at radius 1 is 1.05 bits per heavy atom. The Labute approximate surface area is 134 Å². The maximum absolute atomic E-state index is 11.4. The first-order valence-electron chi connectivity index (χ1n) is 6.66. The number of hydrogen-bond donors (Lipinski definition) is 1. The Morgan fingerprint density at radius 3 is 2.14 bits per heavy atom. The molecule has 0 spiro atoms. The summed E-state index contributed by atoms with van der Waals surface area (Å²) in [6.07, 6.45) is 2.12. The van der Waals surface area contributed by atoms with Crippen LogP contribution < -0.4 is 5.32 Å². The normalized spacial score (nSPS) is 12.9. The molecule has 0 radical (unpaired) electrons. The van der Waals surface area contributed by atoms with E-state index in [1.807, 2.05) is 12.1 Å². The second kappa shape index (κ2) is 6.62. The van der Waals surface area contributed by atoms with Crippen LogP contribution in [0, 0.1) is 0 Å². The lowest BCUT2D eigenvalue weighted by Gasteiger charge is -2.15. The monoisotopic (exact) mass is 367 g/mol. The molecule has 0 aliphatic carbocycles. The quantitative estimate of drug-likeness (QED) is 0.871. The molecule has 0 aliphatic heterocycles. The molecule has 1 N–H and O–H groups in total. The predicted octanol–water partition coefficient (Wildman–Crippen LogP) is 3.90. The average Bonchev–Trinajstić information content (AvgIpc) is 2.41. The number of halogens is 1. The Kier molecular flexibility index (Phi) is 5.06. The van der Waals surface area contributed by atoms with Crippen molar-refractivity contribution in [3.8, 4) is 0 Å². The van der Waals surface area contributed by atoms with Gasteiger partial charge < -0.3 is 5.32 Å². The molecule has 2 aromatic rings. The summed E-state index contributed by atoms with van der Waals surface area (Å²) in [7, 11) is -3.13. The minimum absolute atomic E-state index is 0.259. The van der Waals surface area contributed by atoms with E-state index in [1.54, 1.807) is 24.3 Å². The predicted molar refractivity (Wildman–Crippen MR) is 90.5 cm³/mol. The van der Waals surface area contributed by atoms with Crippen LogP contribution in [0.5, 0.6) is 0 Å². The lowest BCUT2D eigenvalue weighted by atomic mass is 10.1. The number of benzene rings is 2. The Hall–Kier alpha value is -1.33. The lowest BCUT2D eigenvalue weighted by molar-refractivity contribution is 0.602. The minimum Gasteiger partial charge on any atom is -0.382 e. The summed E-state index contributed by atoms with van der Waals surface area (Å²) in [6, 6.07) is 15.4.